The van der Waals surface area contributed by atoms with E-state index in [1.807, 2.05) is 12.1 Å². The largest absolute Gasteiger partial charge is 0.462 e. The molecular weight excluding hydrogens is 332 g/mol. The van der Waals surface area contributed by atoms with E-state index in [2.05, 4.69) is 42.7 Å². The molecule has 2 N–H and O–H groups in total. The summed E-state index contributed by atoms with van der Waals surface area (Å²) in [4.78, 5) is 11.7. The first-order chi connectivity index (χ1) is 12.1. The van der Waals surface area contributed by atoms with Crippen LogP contribution in [0.2, 0.25) is 0 Å². The molecule has 0 fully saturated rings. The van der Waals surface area contributed by atoms with Crippen molar-refractivity contribution in [3.05, 3.63) is 59.2 Å². The van der Waals surface area contributed by atoms with E-state index in [-0.39, 0.29) is 5.97 Å². The van der Waals surface area contributed by atoms with E-state index in [1.54, 1.807) is 19.1 Å². The Bertz CT molecular complexity index is 720. The first-order valence-corrected chi connectivity index (χ1v) is 8.95. The first kappa shape index (κ1) is 18.9. The molecule has 0 aliphatic rings. The van der Waals surface area contributed by atoms with Crippen LogP contribution in [-0.4, -0.2) is 17.7 Å². The number of para-hydroxylation sites is 1. The summed E-state index contributed by atoms with van der Waals surface area (Å²) in [5.41, 5.74) is 4.89. The second-order valence-electron chi connectivity index (χ2n) is 5.54. The highest BCUT2D eigenvalue weighted by atomic mass is 32.1. The zero-order valence-corrected chi connectivity index (χ0v) is 15.7. The predicted molar refractivity (Wildman–Crippen MR) is 107 cm³/mol. The molecule has 2 aromatic rings. The van der Waals surface area contributed by atoms with Crippen LogP contribution in [0.25, 0.3) is 0 Å². The normalized spacial score (nSPS) is 10.2. The molecule has 0 unspecified atom stereocenters. The van der Waals surface area contributed by atoms with Gasteiger partial charge in [-0.3, -0.25) is 0 Å². The van der Waals surface area contributed by atoms with E-state index in [9.17, 15) is 4.79 Å². The number of ether oxygens (including phenoxy) is 1. The molecule has 2 rings (SSSR count). The quantitative estimate of drug-likeness (QED) is 0.575. The zero-order chi connectivity index (χ0) is 18.2. The number of thiocarbonyl (C=S) groups is 1. The Morgan fingerprint density at radius 1 is 0.960 bits per heavy atom. The van der Waals surface area contributed by atoms with Crippen molar-refractivity contribution in [2.24, 2.45) is 0 Å². The highest BCUT2D eigenvalue weighted by Crippen LogP contribution is 2.23. The second kappa shape index (κ2) is 9.18. The van der Waals surface area contributed by atoms with Crippen molar-refractivity contribution in [1.29, 1.82) is 0 Å². The summed E-state index contributed by atoms with van der Waals surface area (Å²) in [6, 6.07) is 13.4. The van der Waals surface area contributed by atoms with Crippen molar-refractivity contribution in [3.63, 3.8) is 0 Å². The summed E-state index contributed by atoms with van der Waals surface area (Å²) in [5, 5.41) is 7.00. The lowest BCUT2D eigenvalue weighted by molar-refractivity contribution is 0.0526. The smallest absolute Gasteiger partial charge is 0.338 e. The molecule has 0 saturated carbocycles. The molecule has 0 aliphatic heterocycles. The number of benzene rings is 2. The van der Waals surface area contributed by atoms with Gasteiger partial charge in [0.15, 0.2) is 5.11 Å². The highest BCUT2D eigenvalue weighted by molar-refractivity contribution is 7.80. The van der Waals surface area contributed by atoms with Gasteiger partial charge in [-0.15, -0.1) is 0 Å². The van der Waals surface area contributed by atoms with Crippen LogP contribution in [0.1, 0.15) is 42.3 Å². The Kier molecular flexibility index (Phi) is 6.95. The molecule has 0 atom stereocenters. The third-order valence-electron chi connectivity index (χ3n) is 3.89. The van der Waals surface area contributed by atoms with Crippen LogP contribution in [0.5, 0.6) is 0 Å². The maximum absolute atomic E-state index is 11.7. The minimum atomic E-state index is -0.320. The lowest BCUT2D eigenvalue weighted by Gasteiger charge is -2.17. The lowest BCUT2D eigenvalue weighted by Crippen LogP contribution is -2.21. The molecule has 0 bridgehead atoms. The zero-order valence-electron chi connectivity index (χ0n) is 14.9. The van der Waals surface area contributed by atoms with Crippen molar-refractivity contribution >= 4 is 34.7 Å². The number of carbonyl (C=O) groups is 1. The molecule has 0 spiro atoms. The Labute approximate surface area is 154 Å². The molecule has 0 aliphatic carbocycles. The average Bonchev–Trinajstić information content (AvgIpc) is 2.62. The third kappa shape index (κ3) is 5.03. The number of esters is 1. The van der Waals surface area contributed by atoms with Crippen LogP contribution in [0.15, 0.2) is 42.5 Å². The van der Waals surface area contributed by atoms with Gasteiger partial charge < -0.3 is 15.4 Å². The molecule has 0 heterocycles. The van der Waals surface area contributed by atoms with Gasteiger partial charge in [-0.2, -0.15) is 0 Å². The van der Waals surface area contributed by atoms with Crippen LogP contribution < -0.4 is 10.6 Å². The van der Waals surface area contributed by atoms with Crippen LogP contribution in [0.4, 0.5) is 11.4 Å². The van der Waals surface area contributed by atoms with Crippen molar-refractivity contribution in [2.75, 3.05) is 17.2 Å². The number of nitrogens with one attached hydrogen (secondary N) is 2. The minimum Gasteiger partial charge on any atom is -0.462 e. The van der Waals surface area contributed by atoms with Crippen molar-refractivity contribution in [2.45, 2.75) is 33.6 Å². The van der Waals surface area contributed by atoms with Crippen LogP contribution in [-0.2, 0) is 17.6 Å². The van der Waals surface area contributed by atoms with E-state index in [4.69, 9.17) is 17.0 Å². The monoisotopic (exact) mass is 356 g/mol. The van der Waals surface area contributed by atoms with Gasteiger partial charge in [0.05, 0.1) is 12.2 Å². The van der Waals surface area contributed by atoms with Crippen molar-refractivity contribution < 1.29 is 9.53 Å². The van der Waals surface area contributed by atoms with Crippen LogP contribution in [0.3, 0.4) is 0 Å². The van der Waals surface area contributed by atoms with Crippen molar-refractivity contribution in [3.8, 4) is 0 Å². The number of hydrogen-bond acceptors (Lipinski definition) is 3. The Morgan fingerprint density at radius 2 is 1.56 bits per heavy atom. The van der Waals surface area contributed by atoms with E-state index < -0.39 is 0 Å². The summed E-state index contributed by atoms with van der Waals surface area (Å²) in [6.07, 6.45) is 1.88. The SMILES string of the molecule is CCOC(=O)c1ccc(NC(=S)Nc2c(CC)cccc2CC)cc1. The summed E-state index contributed by atoms with van der Waals surface area (Å²) in [7, 11) is 0. The number of anilines is 2. The third-order valence-corrected chi connectivity index (χ3v) is 4.10. The van der Waals surface area contributed by atoms with E-state index in [0.717, 1.165) is 24.2 Å². The number of hydrogen-bond donors (Lipinski definition) is 2. The fourth-order valence-corrected chi connectivity index (χ4v) is 2.80. The average molecular weight is 356 g/mol. The maximum Gasteiger partial charge on any atom is 0.338 e. The van der Waals surface area contributed by atoms with E-state index in [1.165, 1.54) is 11.1 Å². The van der Waals surface area contributed by atoms with Gasteiger partial charge in [0.2, 0.25) is 0 Å². The molecule has 4 nitrogen and oxygen atoms in total. The van der Waals surface area contributed by atoms with Gasteiger partial charge in [0, 0.05) is 11.4 Å². The number of carbonyl (C=O) groups excluding carboxylic acids is 1. The molecule has 0 aromatic heterocycles. The summed E-state index contributed by atoms with van der Waals surface area (Å²) >= 11 is 5.45. The topological polar surface area (TPSA) is 50.4 Å². The fraction of sp³-hybridized carbons (Fsp3) is 0.300. The fourth-order valence-electron chi connectivity index (χ4n) is 2.58. The predicted octanol–water partition coefficient (Wildman–Crippen LogP) is 4.80. The van der Waals surface area contributed by atoms with Gasteiger partial charge in [-0.1, -0.05) is 32.0 Å². The Balaban J connectivity index is 2.07. The Hall–Kier alpha value is -2.40. The van der Waals surface area contributed by atoms with Gasteiger partial charge in [0.1, 0.15) is 0 Å². The summed E-state index contributed by atoms with van der Waals surface area (Å²) in [5.74, 6) is -0.320. The second-order valence-corrected chi connectivity index (χ2v) is 5.94. The molecule has 0 saturated heterocycles. The molecule has 0 amide bonds. The van der Waals surface area contributed by atoms with Crippen molar-refractivity contribution in [1.82, 2.24) is 0 Å². The molecule has 0 radical (unpaired) electrons. The summed E-state index contributed by atoms with van der Waals surface area (Å²) < 4.78 is 4.98. The Morgan fingerprint density at radius 3 is 2.08 bits per heavy atom. The standard InChI is InChI=1S/C20H24N2O2S/c1-4-14-8-7-9-15(5-2)18(14)22-20(25)21-17-12-10-16(11-13-17)19(23)24-6-3/h7-13H,4-6H2,1-3H3,(H2,21,22,25). The van der Waals surface area contributed by atoms with E-state index >= 15 is 0 Å². The molecule has 25 heavy (non-hydrogen) atoms. The molecule has 132 valence electrons. The maximum atomic E-state index is 11.7. The highest BCUT2D eigenvalue weighted by Gasteiger charge is 2.09. The minimum absolute atomic E-state index is 0.320. The van der Waals surface area contributed by atoms with Crippen LogP contribution in [0, 0.1) is 0 Å². The lowest BCUT2D eigenvalue weighted by atomic mass is 10.0. The van der Waals surface area contributed by atoms with Gasteiger partial charge in [0.25, 0.3) is 0 Å². The first-order valence-electron chi connectivity index (χ1n) is 8.54. The van der Waals surface area contributed by atoms with Gasteiger partial charge in [-0.25, -0.2) is 4.79 Å². The molecule has 2 aromatic carbocycles. The molecule has 5 heteroatoms. The van der Waals surface area contributed by atoms with Gasteiger partial charge >= 0.3 is 5.97 Å². The van der Waals surface area contributed by atoms with E-state index in [0.29, 0.717) is 17.3 Å². The van der Waals surface area contributed by atoms with Gasteiger partial charge in [-0.05, 0) is 67.4 Å². The molecular formula is C20H24N2O2S. The summed E-state index contributed by atoms with van der Waals surface area (Å²) in [6.45, 7) is 6.41. The number of aryl methyl sites for hydroxylation is 2. The van der Waals surface area contributed by atoms with Crippen LogP contribution >= 0.6 is 12.2 Å². The number of rotatable bonds is 6.